The zero-order valence-corrected chi connectivity index (χ0v) is 15.7. The molecule has 0 spiro atoms. The second kappa shape index (κ2) is 5.88. The average molecular weight is 377 g/mol. The summed E-state index contributed by atoms with van der Waals surface area (Å²) in [7, 11) is -1.89. The number of fused-ring (bicyclic) bond motifs is 1. The van der Waals surface area contributed by atoms with Crippen LogP contribution in [0.3, 0.4) is 0 Å². The summed E-state index contributed by atoms with van der Waals surface area (Å²) in [6.07, 6.45) is 1.69. The third-order valence-corrected chi connectivity index (χ3v) is 6.75. The summed E-state index contributed by atoms with van der Waals surface area (Å²) in [4.78, 5) is 7.20. The van der Waals surface area contributed by atoms with Gasteiger partial charge in [-0.15, -0.1) is 0 Å². The normalized spacial score (nSPS) is 16.0. The first kappa shape index (κ1) is 17.2. The molecule has 1 saturated heterocycles. The van der Waals surface area contributed by atoms with Crippen molar-refractivity contribution in [2.75, 3.05) is 13.1 Å². The molecule has 0 aliphatic carbocycles. The third kappa shape index (κ3) is 2.53. The highest BCUT2D eigenvalue weighted by Gasteiger charge is 2.30. The van der Waals surface area contributed by atoms with E-state index >= 15 is 0 Å². The van der Waals surface area contributed by atoms with E-state index < -0.39 is 15.8 Å². The highest BCUT2D eigenvalue weighted by Crippen LogP contribution is 2.34. The number of rotatable bonds is 3. The largest absolute Gasteiger partial charge is 0.342 e. The lowest BCUT2D eigenvalue weighted by Crippen LogP contribution is -2.28. The van der Waals surface area contributed by atoms with E-state index in [0.29, 0.717) is 35.4 Å². The van der Waals surface area contributed by atoms with Crippen LogP contribution in [0.25, 0.3) is 22.3 Å². The lowest BCUT2D eigenvalue weighted by atomic mass is 10.0. The molecular formula is C17H20FN5O2S. The molecule has 9 heteroatoms. The predicted octanol–water partition coefficient (Wildman–Crippen LogP) is 2.50. The van der Waals surface area contributed by atoms with Crippen LogP contribution in [0.1, 0.15) is 24.2 Å². The Morgan fingerprint density at radius 3 is 2.50 bits per heavy atom. The molecular weight excluding hydrogens is 357 g/mol. The summed E-state index contributed by atoms with van der Waals surface area (Å²) in [5.41, 5.74) is 1.46. The van der Waals surface area contributed by atoms with Gasteiger partial charge in [-0.3, -0.25) is 4.68 Å². The molecule has 0 amide bonds. The van der Waals surface area contributed by atoms with E-state index in [9.17, 15) is 12.8 Å². The molecule has 3 aromatic rings. The maximum absolute atomic E-state index is 14.5. The first-order valence-electron chi connectivity index (χ1n) is 8.49. The highest BCUT2D eigenvalue weighted by atomic mass is 32.2. The molecule has 1 aromatic carbocycles. The Bertz CT molecular complexity index is 1090. The summed E-state index contributed by atoms with van der Waals surface area (Å²) in [5.74, 6) is 0.686. The van der Waals surface area contributed by atoms with Gasteiger partial charge in [0.1, 0.15) is 16.7 Å². The van der Waals surface area contributed by atoms with Crippen LogP contribution >= 0.6 is 0 Å². The van der Waals surface area contributed by atoms with Crippen molar-refractivity contribution in [3.8, 4) is 11.4 Å². The number of H-pyrrole nitrogens is 1. The third-order valence-electron chi connectivity index (χ3n) is 4.93. The fraction of sp³-hybridized carbons (Fsp3) is 0.412. The number of hydrogen-bond acceptors (Lipinski definition) is 4. The van der Waals surface area contributed by atoms with Gasteiger partial charge >= 0.3 is 0 Å². The van der Waals surface area contributed by atoms with Crippen LogP contribution in [-0.4, -0.2) is 45.6 Å². The fourth-order valence-electron chi connectivity index (χ4n) is 3.43. The number of aryl methyl sites for hydroxylation is 3. The summed E-state index contributed by atoms with van der Waals surface area (Å²) in [5, 5.41) is 4.86. The van der Waals surface area contributed by atoms with Crippen molar-refractivity contribution in [3.63, 3.8) is 0 Å². The number of sulfonamides is 1. The van der Waals surface area contributed by atoms with Crippen LogP contribution < -0.4 is 0 Å². The molecule has 7 nitrogen and oxygen atoms in total. The van der Waals surface area contributed by atoms with Crippen LogP contribution in [0.2, 0.25) is 0 Å². The molecule has 2 aromatic heterocycles. The number of aromatic amines is 1. The molecule has 1 aliphatic rings. The van der Waals surface area contributed by atoms with Gasteiger partial charge in [-0.05, 0) is 44.4 Å². The fourth-order valence-corrected chi connectivity index (χ4v) is 4.95. The summed E-state index contributed by atoms with van der Waals surface area (Å²) in [6, 6.07) is 2.88. The Morgan fingerprint density at radius 2 is 1.88 bits per heavy atom. The Labute approximate surface area is 150 Å². The maximum atomic E-state index is 14.5. The first-order valence-corrected chi connectivity index (χ1v) is 9.93. The van der Waals surface area contributed by atoms with Crippen molar-refractivity contribution < 1.29 is 12.8 Å². The molecule has 138 valence electrons. The predicted molar refractivity (Wildman–Crippen MR) is 95.7 cm³/mol. The summed E-state index contributed by atoms with van der Waals surface area (Å²) >= 11 is 0. The minimum absolute atomic E-state index is 0.00723. The minimum Gasteiger partial charge on any atom is -0.342 e. The van der Waals surface area contributed by atoms with Crippen molar-refractivity contribution in [2.24, 2.45) is 7.05 Å². The molecule has 1 aliphatic heterocycles. The number of nitrogens with one attached hydrogen (secondary N) is 1. The molecule has 4 rings (SSSR count). The Morgan fingerprint density at radius 1 is 1.19 bits per heavy atom. The molecule has 1 fully saturated rings. The van der Waals surface area contributed by atoms with E-state index in [-0.39, 0.29) is 10.5 Å². The standard InChI is InChI=1S/C17H20FN5O2S/c1-10-8-13(18)16-12(15(10)17-19-11(2)22(3)21-17)9-14(20-16)26(24,25)23-6-4-5-7-23/h8-9,20H,4-7H2,1-3H3. The topological polar surface area (TPSA) is 83.9 Å². The Hall–Kier alpha value is -2.26. The van der Waals surface area contributed by atoms with Crippen molar-refractivity contribution in [3.05, 3.63) is 29.3 Å². The molecule has 0 unspecified atom stereocenters. The molecule has 1 N–H and O–H groups in total. The van der Waals surface area contributed by atoms with Gasteiger partial charge < -0.3 is 4.98 Å². The van der Waals surface area contributed by atoms with Crippen molar-refractivity contribution in [1.29, 1.82) is 0 Å². The average Bonchev–Trinajstić information content (AvgIpc) is 3.29. The Kier molecular flexibility index (Phi) is 3.89. The quantitative estimate of drug-likeness (QED) is 0.760. The number of benzene rings is 1. The second-order valence-electron chi connectivity index (χ2n) is 6.69. The van der Waals surface area contributed by atoms with Crippen LogP contribution in [0.15, 0.2) is 17.2 Å². The zero-order valence-electron chi connectivity index (χ0n) is 14.9. The second-order valence-corrected chi connectivity index (χ2v) is 8.60. The van der Waals surface area contributed by atoms with Crippen LogP contribution in [0, 0.1) is 19.7 Å². The maximum Gasteiger partial charge on any atom is 0.258 e. The Balaban J connectivity index is 1.95. The lowest BCUT2D eigenvalue weighted by Gasteiger charge is -2.13. The monoisotopic (exact) mass is 377 g/mol. The van der Waals surface area contributed by atoms with Gasteiger partial charge in [0.25, 0.3) is 10.0 Å². The van der Waals surface area contributed by atoms with Gasteiger partial charge in [0, 0.05) is 31.1 Å². The van der Waals surface area contributed by atoms with Gasteiger partial charge in [-0.1, -0.05) is 0 Å². The van der Waals surface area contributed by atoms with Crippen LogP contribution in [0.5, 0.6) is 0 Å². The van der Waals surface area contributed by atoms with Crippen molar-refractivity contribution in [2.45, 2.75) is 31.7 Å². The van der Waals surface area contributed by atoms with E-state index in [0.717, 1.165) is 18.7 Å². The highest BCUT2D eigenvalue weighted by molar-refractivity contribution is 7.89. The molecule has 0 saturated carbocycles. The lowest BCUT2D eigenvalue weighted by molar-refractivity contribution is 0.475. The van der Waals surface area contributed by atoms with Gasteiger partial charge in [0.15, 0.2) is 5.82 Å². The van der Waals surface area contributed by atoms with Crippen LogP contribution in [-0.2, 0) is 17.1 Å². The van der Waals surface area contributed by atoms with Gasteiger partial charge in [0.2, 0.25) is 0 Å². The van der Waals surface area contributed by atoms with E-state index in [4.69, 9.17) is 0 Å². The van der Waals surface area contributed by atoms with Gasteiger partial charge in [-0.25, -0.2) is 17.8 Å². The molecule has 0 atom stereocenters. The van der Waals surface area contributed by atoms with E-state index in [2.05, 4.69) is 15.1 Å². The molecule has 26 heavy (non-hydrogen) atoms. The smallest absolute Gasteiger partial charge is 0.258 e. The molecule has 0 bridgehead atoms. The molecule has 0 radical (unpaired) electrons. The van der Waals surface area contributed by atoms with E-state index in [1.165, 1.54) is 16.4 Å². The minimum atomic E-state index is -3.67. The van der Waals surface area contributed by atoms with Gasteiger partial charge in [0.05, 0.1) is 5.52 Å². The van der Waals surface area contributed by atoms with E-state index in [1.807, 2.05) is 6.92 Å². The number of aromatic nitrogens is 4. The SMILES string of the molecule is Cc1cc(F)c2[nH]c(S(=O)(=O)N3CCCC3)cc2c1-c1nc(C)n(C)n1. The number of hydrogen-bond donors (Lipinski definition) is 1. The number of halogens is 1. The first-order chi connectivity index (χ1) is 12.3. The van der Waals surface area contributed by atoms with Crippen molar-refractivity contribution in [1.82, 2.24) is 24.1 Å². The van der Waals surface area contributed by atoms with Crippen LogP contribution in [0.4, 0.5) is 4.39 Å². The zero-order chi connectivity index (χ0) is 18.6. The van der Waals surface area contributed by atoms with E-state index in [1.54, 1.807) is 18.7 Å². The summed E-state index contributed by atoms with van der Waals surface area (Å²) < 4.78 is 43.3. The van der Waals surface area contributed by atoms with Gasteiger partial charge in [-0.2, -0.15) is 9.40 Å². The number of nitrogens with zero attached hydrogens (tertiary/aromatic N) is 4. The van der Waals surface area contributed by atoms with Crippen molar-refractivity contribution >= 4 is 20.9 Å². The molecule has 3 heterocycles. The summed E-state index contributed by atoms with van der Waals surface area (Å²) in [6.45, 7) is 4.58.